The van der Waals surface area contributed by atoms with Crippen LogP contribution in [0, 0.1) is 0 Å². The van der Waals surface area contributed by atoms with E-state index in [4.69, 9.17) is 15.3 Å². The van der Waals surface area contributed by atoms with Crippen LogP contribution in [-0.4, -0.2) is 10.9 Å². The zero-order chi connectivity index (χ0) is 12.6. The number of nitrogens with two attached hydrogens (primary N) is 1. The highest BCUT2D eigenvalue weighted by Gasteiger charge is 2.56. The van der Waals surface area contributed by atoms with E-state index in [0.717, 1.165) is 18.6 Å². The van der Waals surface area contributed by atoms with Gasteiger partial charge >= 0.3 is 5.85 Å². The smallest absolute Gasteiger partial charge is 0.301 e. The van der Waals surface area contributed by atoms with Gasteiger partial charge < -0.3 is 4.74 Å². The molecular formula is C14H16N2O2. The second-order valence-electron chi connectivity index (χ2n) is 4.45. The second kappa shape index (κ2) is 4.15. The number of hydroxylamine groups is 2. The van der Waals surface area contributed by atoms with Crippen LogP contribution < -0.4 is 10.5 Å². The topological polar surface area (TPSA) is 50.8 Å². The Morgan fingerprint density at radius 3 is 3.06 bits per heavy atom. The quantitative estimate of drug-likeness (QED) is 0.826. The summed E-state index contributed by atoms with van der Waals surface area (Å²) >= 11 is 0. The second-order valence-corrected chi connectivity index (χ2v) is 4.45. The summed E-state index contributed by atoms with van der Waals surface area (Å²) < 4.78 is 5.91. The molecule has 4 heteroatoms. The third-order valence-electron chi connectivity index (χ3n) is 3.07. The Morgan fingerprint density at radius 1 is 1.39 bits per heavy atom. The van der Waals surface area contributed by atoms with Crippen molar-refractivity contribution in [1.82, 2.24) is 5.06 Å². The van der Waals surface area contributed by atoms with Crippen LogP contribution in [0.1, 0.15) is 18.9 Å². The maximum Gasteiger partial charge on any atom is 0.301 e. The maximum atomic E-state index is 6.03. The molecule has 4 nitrogen and oxygen atoms in total. The molecule has 1 unspecified atom stereocenters. The van der Waals surface area contributed by atoms with E-state index < -0.39 is 5.85 Å². The van der Waals surface area contributed by atoms with Crippen molar-refractivity contribution in [2.45, 2.75) is 25.6 Å². The number of aryl methyl sites for hydroxylation is 1. The lowest BCUT2D eigenvalue weighted by Crippen LogP contribution is -2.34. The molecule has 1 aromatic rings. The number of hydrogen-bond acceptors (Lipinski definition) is 4. The molecule has 2 heterocycles. The van der Waals surface area contributed by atoms with Gasteiger partial charge in [-0.15, -0.1) is 0 Å². The van der Waals surface area contributed by atoms with E-state index >= 15 is 0 Å². The highest BCUT2D eigenvalue weighted by atomic mass is 16.9. The van der Waals surface area contributed by atoms with Crippen molar-refractivity contribution in [3.8, 4) is 5.75 Å². The lowest BCUT2D eigenvalue weighted by molar-refractivity contribution is 0.228. The molecular weight excluding hydrogens is 228 g/mol. The molecule has 0 aromatic heterocycles. The van der Waals surface area contributed by atoms with E-state index in [2.05, 4.69) is 13.0 Å². The van der Waals surface area contributed by atoms with Crippen LogP contribution >= 0.6 is 0 Å². The van der Waals surface area contributed by atoms with Crippen LogP contribution in [0.5, 0.6) is 5.75 Å². The molecule has 2 aliphatic heterocycles. The Bertz CT molecular complexity index is 524. The monoisotopic (exact) mass is 244 g/mol. The largest absolute Gasteiger partial charge is 0.455 e. The van der Waals surface area contributed by atoms with E-state index in [1.807, 2.05) is 30.4 Å². The fraction of sp³-hybridized carbons (Fsp3) is 0.286. The number of rotatable bonds is 4. The number of para-hydroxylation sites is 1. The Labute approximate surface area is 106 Å². The molecule has 2 aliphatic rings. The van der Waals surface area contributed by atoms with Gasteiger partial charge in [0.2, 0.25) is 0 Å². The molecule has 0 amide bonds. The van der Waals surface area contributed by atoms with Crippen LogP contribution in [0.3, 0.4) is 0 Å². The molecule has 0 bridgehead atoms. The van der Waals surface area contributed by atoms with E-state index in [1.165, 1.54) is 5.56 Å². The van der Waals surface area contributed by atoms with E-state index in [-0.39, 0.29) is 0 Å². The highest BCUT2D eigenvalue weighted by Crippen LogP contribution is 2.40. The van der Waals surface area contributed by atoms with Gasteiger partial charge in [-0.2, -0.15) is 0 Å². The average molecular weight is 244 g/mol. The molecule has 1 aromatic carbocycles. The third-order valence-corrected chi connectivity index (χ3v) is 3.07. The number of ether oxygens (including phenoxy) is 1. The first kappa shape index (κ1) is 11.3. The SMILES string of the molecule is CCCc1ccccc1OC1=CC=CN2OC12N. The third kappa shape index (κ3) is 1.79. The first-order valence-corrected chi connectivity index (χ1v) is 6.16. The zero-order valence-electron chi connectivity index (χ0n) is 10.3. The van der Waals surface area contributed by atoms with E-state index in [1.54, 1.807) is 11.3 Å². The molecule has 0 aliphatic carbocycles. The number of hydrogen-bond donors (Lipinski definition) is 1. The fourth-order valence-corrected chi connectivity index (χ4v) is 2.06. The number of nitrogens with zero attached hydrogens (tertiary/aromatic N) is 1. The standard InChI is InChI=1S/C14H16N2O2/c1-2-6-11-7-3-4-8-12(11)17-13-9-5-10-16-14(13,15)18-16/h3-5,7-10H,2,6,15H2,1H3. The summed E-state index contributed by atoms with van der Waals surface area (Å²) in [7, 11) is 0. The minimum absolute atomic E-state index is 0.619. The number of benzene rings is 1. The van der Waals surface area contributed by atoms with Gasteiger partial charge in [0.15, 0.2) is 5.76 Å². The lowest BCUT2D eigenvalue weighted by atomic mass is 10.1. The Morgan fingerprint density at radius 2 is 2.22 bits per heavy atom. The van der Waals surface area contributed by atoms with Crippen LogP contribution in [0.4, 0.5) is 0 Å². The summed E-state index contributed by atoms with van der Waals surface area (Å²) in [5, 5.41) is 1.57. The van der Waals surface area contributed by atoms with Gasteiger partial charge in [-0.25, -0.2) is 9.90 Å². The zero-order valence-corrected chi connectivity index (χ0v) is 10.3. The van der Waals surface area contributed by atoms with Crippen molar-refractivity contribution in [3.63, 3.8) is 0 Å². The van der Waals surface area contributed by atoms with E-state index in [0.29, 0.717) is 5.76 Å². The molecule has 1 atom stereocenters. The first-order chi connectivity index (χ1) is 8.74. The molecule has 1 fully saturated rings. The van der Waals surface area contributed by atoms with Gasteiger partial charge in [0.25, 0.3) is 0 Å². The number of fused-ring (bicyclic) bond motifs is 1. The van der Waals surface area contributed by atoms with Crippen molar-refractivity contribution < 1.29 is 9.57 Å². The molecule has 0 spiro atoms. The van der Waals surface area contributed by atoms with Gasteiger partial charge in [0, 0.05) is 6.20 Å². The van der Waals surface area contributed by atoms with E-state index in [9.17, 15) is 0 Å². The molecule has 94 valence electrons. The van der Waals surface area contributed by atoms with Crippen LogP contribution in [0.25, 0.3) is 0 Å². The van der Waals surface area contributed by atoms with Crippen LogP contribution in [0.15, 0.2) is 48.4 Å². The predicted molar refractivity (Wildman–Crippen MR) is 68.1 cm³/mol. The summed E-state index contributed by atoms with van der Waals surface area (Å²) in [6, 6.07) is 8.01. The summed E-state index contributed by atoms with van der Waals surface area (Å²) in [6.07, 6.45) is 7.55. The molecule has 1 saturated heterocycles. The van der Waals surface area contributed by atoms with Crippen LogP contribution in [-0.2, 0) is 11.3 Å². The average Bonchev–Trinajstić information content (AvgIpc) is 3.05. The molecule has 18 heavy (non-hydrogen) atoms. The highest BCUT2D eigenvalue weighted by molar-refractivity contribution is 5.37. The maximum absolute atomic E-state index is 6.03. The summed E-state index contributed by atoms with van der Waals surface area (Å²) in [6.45, 7) is 2.15. The van der Waals surface area contributed by atoms with Crippen molar-refractivity contribution in [2.24, 2.45) is 5.73 Å². The first-order valence-electron chi connectivity index (χ1n) is 6.16. The molecule has 0 saturated carbocycles. The van der Waals surface area contributed by atoms with Crippen molar-refractivity contribution in [3.05, 3.63) is 53.9 Å². The fourth-order valence-electron chi connectivity index (χ4n) is 2.06. The van der Waals surface area contributed by atoms with Crippen LogP contribution in [0.2, 0.25) is 0 Å². The normalized spacial score (nSPS) is 24.6. The Hall–Kier alpha value is -1.78. The Balaban J connectivity index is 1.85. The van der Waals surface area contributed by atoms with Gasteiger partial charge in [-0.1, -0.05) is 31.5 Å². The minimum atomic E-state index is -0.909. The Kier molecular flexibility index (Phi) is 2.61. The minimum Gasteiger partial charge on any atom is -0.455 e. The summed E-state index contributed by atoms with van der Waals surface area (Å²) in [5.41, 5.74) is 7.21. The van der Waals surface area contributed by atoms with Gasteiger partial charge in [0.1, 0.15) is 5.75 Å². The summed E-state index contributed by atoms with van der Waals surface area (Å²) in [5.74, 6) is 0.559. The summed E-state index contributed by atoms with van der Waals surface area (Å²) in [4.78, 5) is 5.28. The van der Waals surface area contributed by atoms with Crippen molar-refractivity contribution in [1.29, 1.82) is 0 Å². The predicted octanol–water partition coefficient (Wildman–Crippen LogP) is 2.29. The molecule has 3 rings (SSSR count). The van der Waals surface area contributed by atoms with Crippen molar-refractivity contribution >= 4 is 0 Å². The lowest BCUT2D eigenvalue weighted by Gasteiger charge is -2.16. The van der Waals surface area contributed by atoms with Gasteiger partial charge in [-0.05, 0) is 30.2 Å². The van der Waals surface area contributed by atoms with Gasteiger partial charge in [-0.3, -0.25) is 5.73 Å². The molecule has 2 N–H and O–H groups in total. The number of allylic oxidation sites excluding steroid dienone is 2. The molecule has 0 radical (unpaired) electrons. The van der Waals surface area contributed by atoms with Gasteiger partial charge in [0.05, 0.1) is 0 Å². The van der Waals surface area contributed by atoms with Crippen molar-refractivity contribution in [2.75, 3.05) is 0 Å².